The Morgan fingerprint density at radius 2 is 2.22 bits per heavy atom. The van der Waals surface area contributed by atoms with Crippen LogP contribution in [0.25, 0.3) is 11.0 Å². The largest absolute Gasteiger partial charge is 0.338 e. The number of aromatic amines is 1. The predicted molar refractivity (Wildman–Crippen MR) is 83.0 cm³/mol. The fraction of sp³-hybridized carbons (Fsp3) is 0.375. The second-order valence-corrected chi connectivity index (χ2v) is 6.07. The fourth-order valence-electron chi connectivity index (χ4n) is 2.49. The summed E-state index contributed by atoms with van der Waals surface area (Å²) in [6, 6.07) is 5.45. The van der Waals surface area contributed by atoms with Gasteiger partial charge in [0.2, 0.25) is 5.89 Å². The van der Waals surface area contributed by atoms with Gasteiger partial charge in [-0.2, -0.15) is 4.98 Å². The number of H-pyrrole nitrogens is 1. The molecular weight excluding hydrogens is 294 g/mol. The van der Waals surface area contributed by atoms with Gasteiger partial charge in [-0.3, -0.25) is 4.79 Å². The summed E-state index contributed by atoms with van der Waals surface area (Å²) < 4.78 is 5.23. The minimum atomic E-state index is -0.363. The molecule has 1 unspecified atom stereocenters. The van der Waals surface area contributed by atoms with Crippen molar-refractivity contribution in [2.45, 2.75) is 38.6 Å². The van der Waals surface area contributed by atoms with E-state index in [0.717, 1.165) is 35.3 Å². The van der Waals surface area contributed by atoms with E-state index in [1.165, 1.54) is 0 Å². The zero-order valence-corrected chi connectivity index (χ0v) is 13.0. The SMILES string of the molecule is Cc1ccc2nc(C(=O)NC(C)c3nc(C4CC4)no3)[nH]c2c1. The average molecular weight is 311 g/mol. The number of aryl methyl sites for hydroxylation is 1. The van der Waals surface area contributed by atoms with Crippen LogP contribution in [-0.4, -0.2) is 26.0 Å². The van der Waals surface area contributed by atoms with Crippen LogP contribution < -0.4 is 5.32 Å². The molecule has 1 atom stereocenters. The summed E-state index contributed by atoms with van der Waals surface area (Å²) in [6.45, 7) is 3.81. The molecule has 0 saturated heterocycles. The maximum absolute atomic E-state index is 12.3. The maximum Gasteiger partial charge on any atom is 0.287 e. The Balaban J connectivity index is 1.50. The second-order valence-electron chi connectivity index (χ2n) is 6.07. The molecule has 7 nitrogen and oxygen atoms in total. The summed E-state index contributed by atoms with van der Waals surface area (Å²) in [5.41, 5.74) is 2.72. The van der Waals surface area contributed by atoms with Crippen LogP contribution in [0.4, 0.5) is 0 Å². The molecule has 2 aromatic heterocycles. The number of hydrogen-bond acceptors (Lipinski definition) is 5. The van der Waals surface area contributed by atoms with E-state index in [-0.39, 0.29) is 17.8 Å². The van der Waals surface area contributed by atoms with Crippen LogP contribution in [0, 0.1) is 6.92 Å². The Hall–Kier alpha value is -2.70. The van der Waals surface area contributed by atoms with Crippen molar-refractivity contribution in [2.24, 2.45) is 0 Å². The van der Waals surface area contributed by atoms with E-state index in [0.29, 0.717) is 11.8 Å². The van der Waals surface area contributed by atoms with Crippen molar-refractivity contribution in [3.8, 4) is 0 Å². The van der Waals surface area contributed by atoms with Gasteiger partial charge in [0.05, 0.1) is 11.0 Å². The van der Waals surface area contributed by atoms with Crippen LogP contribution in [-0.2, 0) is 0 Å². The lowest BCUT2D eigenvalue weighted by molar-refractivity contribution is 0.0923. The molecule has 0 radical (unpaired) electrons. The molecule has 2 heterocycles. The Labute approximate surface area is 132 Å². The van der Waals surface area contributed by atoms with Gasteiger partial charge in [0, 0.05) is 5.92 Å². The number of nitrogens with zero attached hydrogens (tertiary/aromatic N) is 3. The number of benzene rings is 1. The summed E-state index contributed by atoms with van der Waals surface area (Å²) in [6.07, 6.45) is 2.22. The Kier molecular flexibility index (Phi) is 3.14. The molecule has 2 N–H and O–H groups in total. The zero-order valence-electron chi connectivity index (χ0n) is 13.0. The van der Waals surface area contributed by atoms with Crippen molar-refractivity contribution >= 4 is 16.9 Å². The molecule has 7 heteroatoms. The number of fused-ring (bicyclic) bond motifs is 1. The molecule has 118 valence electrons. The maximum atomic E-state index is 12.3. The number of aromatic nitrogens is 4. The molecule has 1 aromatic carbocycles. The minimum Gasteiger partial charge on any atom is -0.338 e. The number of carbonyl (C=O) groups excluding carboxylic acids is 1. The van der Waals surface area contributed by atoms with Gasteiger partial charge < -0.3 is 14.8 Å². The Morgan fingerprint density at radius 3 is 3.00 bits per heavy atom. The highest BCUT2D eigenvalue weighted by Crippen LogP contribution is 2.38. The first kappa shape index (κ1) is 13.9. The third-order valence-electron chi connectivity index (χ3n) is 3.97. The van der Waals surface area contributed by atoms with E-state index in [9.17, 15) is 4.79 Å². The molecule has 4 rings (SSSR count). The van der Waals surface area contributed by atoms with Gasteiger partial charge in [-0.15, -0.1) is 0 Å². The van der Waals surface area contributed by atoms with Crippen LogP contribution in [0.3, 0.4) is 0 Å². The van der Waals surface area contributed by atoms with E-state index in [1.807, 2.05) is 32.0 Å². The molecule has 0 bridgehead atoms. The van der Waals surface area contributed by atoms with Gasteiger partial charge in [0.1, 0.15) is 6.04 Å². The van der Waals surface area contributed by atoms with E-state index >= 15 is 0 Å². The quantitative estimate of drug-likeness (QED) is 0.772. The second kappa shape index (κ2) is 5.19. The summed E-state index contributed by atoms with van der Waals surface area (Å²) in [4.78, 5) is 24.0. The van der Waals surface area contributed by atoms with Crippen molar-refractivity contribution in [1.82, 2.24) is 25.4 Å². The van der Waals surface area contributed by atoms with Crippen LogP contribution >= 0.6 is 0 Å². The van der Waals surface area contributed by atoms with Gasteiger partial charge in [-0.25, -0.2) is 4.98 Å². The third-order valence-corrected chi connectivity index (χ3v) is 3.97. The first-order valence-corrected chi connectivity index (χ1v) is 7.71. The lowest BCUT2D eigenvalue weighted by Crippen LogP contribution is -2.27. The highest BCUT2D eigenvalue weighted by Gasteiger charge is 2.30. The van der Waals surface area contributed by atoms with Gasteiger partial charge in [-0.05, 0) is 44.4 Å². The van der Waals surface area contributed by atoms with E-state index in [4.69, 9.17) is 4.52 Å². The predicted octanol–water partition coefficient (Wildman–Crippen LogP) is 2.62. The highest BCUT2D eigenvalue weighted by atomic mass is 16.5. The number of nitrogens with one attached hydrogen (secondary N) is 2. The molecule has 0 spiro atoms. The number of amides is 1. The van der Waals surface area contributed by atoms with Gasteiger partial charge in [0.25, 0.3) is 5.91 Å². The average Bonchev–Trinajstić information content (AvgIpc) is 3.10. The Bertz CT molecular complexity index is 878. The van der Waals surface area contributed by atoms with Crippen LogP contribution in [0.15, 0.2) is 22.7 Å². The van der Waals surface area contributed by atoms with Crippen molar-refractivity contribution in [1.29, 1.82) is 0 Å². The highest BCUT2D eigenvalue weighted by molar-refractivity contribution is 5.94. The summed E-state index contributed by atoms with van der Waals surface area (Å²) >= 11 is 0. The number of rotatable bonds is 4. The monoisotopic (exact) mass is 311 g/mol. The third kappa shape index (κ3) is 2.69. The zero-order chi connectivity index (χ0) is 16.0. The molecule has 23 heavy (non-hydrogen) atoms. The van der Waals surface area contributed by atoms with E-state index < -0.39 is 0 Å². The van der Waals surface area contributed by atoms with Crippen molar-refractivity contribution < 1.29 is 9.32 Å². The first-order valence-electron chi connectivity index (χ1n) is 7.71. The van der Waals surface area contributed by atoms with Gasteiger partial charge in [0.15, 0.2) is 11.6 Å². The number of carbonyl (C=O) groups is 1. The van der Waals surface area contributed by atoms with Gasteiger partial charge >= 0.3 is 0 Å². The summed E-state index contributed by atoms with van der Waals surface area (Å²) in [7, 11) is 0. The molecule has 1 fully saturated rings. The molecule has 1 saturated carbocycles. The lowest BCUT2D eigenvalue weighted by atomic mass is 10.2. The fourth-order valence-corrected chi connectivity index (χ4v) is 2.49. The first-order chi connectivity index (χ1) is 11.1. The molecule has 3 aromatic rings. The van der Waals surface area contributed by atoms with Crippen molar-refractivity contribution in [2.75, 3.05) is 0 Å². The van der Waals surface area contributed by atoms with Crippen LogP contribution in [0.2, 0.25) is 0 Å². The minimum absolute atomic E-state index is 0.277. The van der Waals surface area contributed by atoms with Crippen LogP contribution in [0.1, 0.15) is 59.6 Å². The summed E-state index contributed by atoms with van der Waals surface area (Å²) in [5, 5.41) is 6.79. The summed E-state index contributed by atoms with van der Waals surface area (Å²) in [5.74, 6) is 1.57. The molecule has 1 aliphatic carbocycles. The Morgan fingerprint density at radius 1 is 1.39 bits per heavy atom. The molecular formula is C16H17N5O2. The molecule has 1 aliphatic rings. The lowest BCUT2D eigenvalue weighted by Gasteiger charge is -2.07. The standard InChI is InChI=1S/C16H17N5O2/c1-8-3-6-11-12(7-8)19-14(18-11)15(22)17-9(2)16-20-13(21-23-16)10-4-5-10/h3,6-7,9-10H,4-5H2,1-2H3,(H,17,22)(H,18,19). The number of hydrogen-bond donors (Lipinski definition) is 2. The normalized spacial score (nSPS) is 15.7. The topological polar surface area (TPSA) is 96.7 Å². The smallest absolute Gasteiger partial charge is 0.287 e. The molecule has 1 amide bonds. The van der Waals surface area contributed by atoms with E-state index in [1.54, 1.807) is 0 Å². The number of imidazole rings is 1. The van der Waals surface area contributed by atoms with Crippen molar-refractivity contribution in [3.63, 3.8) is 0 Å². The molecule has 0 aliphatic heterocycles. The van der Waals surface area contributed by atoms with Gasteiger partial charge in [-0.1, -0.05) is 11.2 Å². The van der Waals surface area contributed by atoms with Crippen molar-refractivity contribution in [3.05, 3.63) is 41.3 Å². The van der Waals surface area contributed by atoms with Crippen LogP contribution in [0.5, 0.6) is 0 Å². The van der Waals surface area contributed by atoms with E-state index in [2.05, 4.69) is 25.4 Å².